The summed E-state index contributed by atoms with van der Waals surface area (Å²) in [5.41, 5.74) is 2.34. The van der Waals surface area contributed by atoms with E-state index in [0.717, 1.165) is 36.3 Å². The summed E-state index contributed by atoms with van der Waals surface area (Å²) < 4.78 is 5.97. The second-order valence-electron chi connectivity index (χ2n) is 7.64. The van der Waals surface area contributed by atoms with Crippen molar-refractivity contribution in [3.05, 3.63) is 59.7 Å². The highest BCUT2D eigenvalue weighted by atomic mass is 16.5. The van der Waals surface area contributed by atoms with Gasteiger partial charge in [0.25, 0.3) is 5.91 Å². The minimum Gasteiger partial charge on any atom is -0.490 e. The average Bonchev–Trinajstić information content (AvgIpc) is 3.22. The summed E-state index contributed by atoms with van der Waals surface area (Å²) in [6.45, 7) is 4.50. The maximum atomic E-state index is 13.0. The average molecular weight is 395 g/mol. The van der Waals surface area contributed by atoms with Crippen LogP contribution in [-0.2, 0) is 4.79 Å². The molecule has 5 nitrogen and oxygen atoms in total. The van der Waals surface area contributed by atoms with Gasteiger partial charge in [-0.05, 0) is 74.9 Å². The van der Waals surface area contributed by atoms with Crippen molar-refractivity contribution in [2.75, 3.05) is 18.4 Å². The molecule has 1 aliphatic carbocycles. The summed E-state index contributed by atoms with van der Waals surface area (Å²) in [4.78, 5) is 27.1. The molecule has 2 amide bonds. The number of carbonyl (C=O) groups excluding carboxylic acids is 2. The summed E-state index contributed by atoms with van der Waals surface area (Å²) in [6, 6.07) is 14.9. The molecule has 5 heteroatoms. The molecular formula is C24H30N2O3. The number of hydrogen-bond acceptors (Lipinski definition) is 3. The lowest BCUT2D eigenvalue weighted by molar-refractivity contribution is -0.116. The van der Waals surface area contributed by atoms with E-state index in [0.29, 0.717) is 18.2 Å². The van der Waals surface area contributed by atoms with Gasteiger partial charge in [-0.25, -0.2) is 0 Å². The maximum Gasteiger partial charge on any atom is 0.254 e. The molecule has 1 aliphatic rings. The van der Waals surface area contributed by atoms with Crippen molar-refractivity contribution in [1.29, 1.82) is 0 Å². The van der Waals surface area contributed by atoms with Gasteiger partial charge < -0.3 is 15.0 Å². The van der Waals surface area contributed by atoms with Gasteiger partial charge in [0.05, 0.1) is 6.10 Å². The molecular weight excluding hydrogens is 364 g/mol. The third-order valence-corrected chi connectivity index (χ3v) is 5.24. The van der Waals surface area contributed by atoms with E-state index in [4.69, 9.17) is 4.74 Å². The van der Waals surface area contributed by atoms with Crippen molar-refractivity contribution < 1.29 is 14.3 Å². The van der Waals surface area contributed by atoms with Crippen molar-refractivity contribution in [3.63, 3.8) is 0 Å². The smallest absolute Gasteiger partial charge is 0.254 e. The zero-order valence-corrected chi connectivity index (χ0v) is 17.3. The van der Waals surface area contributed by atoms with Gasteiger partial charge in [-0.1, -0.05) is 25.1 Å². The molecule has 1 fully saturated rings. The van der Waals surface area contributed by atoms with Crippen molar-refractivity contribution >= 4 is 17.5 Å². The number of rotatable bonds is 8. The molecule has 0 aliphatic heterocycles. The molecule has 0 atom stereocenters. The van der Waals surface area contributed by atoms with Crippen molar-refractivity contribution in [3.8, 4) is 5.75 Å². The van der Waals surface area contributed by atoms with Gasteiger partial charge in [-0.15, -0.1) is 0 Å². The van der Waals surface area contributed by atoms with Gasteiger partial charge in [0.2, 0.25) is 5.91 Å². The summed E-state index contributed by atoms with van der Waals surface area (Å²) >= 11 is 0. The van der Waals surface area contributed by atoms with Gasteiger partial charge in [-0.3, -0.25) is 9.59 Å². The first kappa shape index (κ1) is 20.9. The standard InChI is InChI=1S/C24H30N2O3/c1-3-16-26(17-23(27)25-22-11-7-4-8-18(22)2)24(28)19-12-14-21(15-13-19)29-20-9-5-6-10-20/h4,7-8,11-15,20H,3,5-6,9-10,16-17H2,1-2H3,(H,25,27). The Hall–Kier alpha value is -2.82. The third kappa shape index (κ3) is 5.83. The normalized spacial score (nSPS) is 13.9. The highest BCUT2D eigenvalue weighted by Gasteiger charge is 2.20. The lowest BCUT2D eigenvalue weighted by Crippen LogP contribution is -2.38. The highest BCUT2D eigenvalue weighted by Crippen LogP contribution is 2.24. The van der Waals surface area contributed by atoms with Crippen LogP contribution < -0.4 is 10.1 Å². The van der Waals surface area contributed by atoms with Crippen LogP contribution in [0.25, 0.3) is 0 Å². The molecule has 2 aromatic rings. The number of aryl methyl sites for hydroxylation is 1. The van der Waals surface area contributed by atoms with Crippen LogP contribution in [0.1, 0.15) is 54.9 Å². The van der Waals surface area contributed by atoms with E-state index >= 15 is 0 Å². The number of amides is 2. The van der Waals surface area contributed by atoms with Gasteiger partial charge in [0.1, 0.15) is 12.3 Å². The van der Waals surface area contributed by atoms with Gasteiger partial charge in [0, 0.05) is 17.8 Å². The molecule has 0 aromatic heterocycles. The molecule has 1 saturated carbocycles. The van der Waals surface area contributed by atoms with E-state index in [1.807, 2.05) is 50.2 Å². The number of benzene rings is 2. The zero-order valence-electron chi connectivity index (χ0n) is 17.3. The monoisotopic (exact) mass is 394 g/mol. The van der Waals surface area contributed by atoms with Crippen LogP contribution in [0.15, 0.2) is 48.5 Å². The zero-order chi connectivity index (χ0) is 20.6. The molecule has 1 N–H and O–H groups in total. The highest BCUT2D eigenvalue weighted by molar-refractivity contribution is 5.99. The molecule has 0 unspecified atom stereocenters. The Morgan fingerprint density at radius 2 is 1.76 bits per heavy atom. The lowest BCUT2D eigenvalue weighted by Gasteiger charge is -2.22. The minimum absolute atomic E-state index is 0.0291. The van der Waals surface area contributed by atoms with Gasteiger partial charge >= 0.3 is 0 Å². The molecule has 0 heterocycles. The van der Waals surface area contributed by atoms with Crippen LogP contribution in [-0.4, -0.2) is 35.9 Å². The summed E-state index contributed by atoms with van der Waals surface area (Å²) in [6.07, 6.45) is 5.71. The van der Waals surface area contributed by atoms with Crippen LogP contribution in [0.3, 0.4) is 0 Å². The Morgan fingerprint density at radius 1 is 1.07 bits per heavy atom. The van der Waals surface area contributed by atoms with Crippen LogP contribution in [0, 0.1) is 6.92 Å². The molecule has 3 rings (SSSR count). The van der Waals surface area contributed by atoms with Crippen LogP contribution in [0.2, 0.25) is 0 Å². The van der Waals surface area contributed by atoms with E-state index in [1.165, 1.54) is 12.8 Å². The van der Waals surface area contributed by atoms with Crippen LogP contribution in [0.4, 0.5) is 5.69 Å². The van der Waals surface area contributed by atoms with Crippen molar-refractivity contribution in [1.82, 2.24) is 4.90 Å². The number of carbonyl (C=O) groups is 2. The van der Waals surface area contributed by atoms with Crippen LogP contribution >= 0.6 is 0 Å². The van der Waals surface area contributed by atoms with E-state index in [9.17, 15) is 9.59 Å². The third-order valence-electron chi connectivity index (χ3n) is 5.24. The van der Waals surface area contributed by atoms with Crippen LogP contribution in [0.5, 0.6) is 5.75 Å². The number of hydrogen-bond donors (Lipinski definition) is 1. The fraction of sp³-hybridized carbons (Fsp3) is 0.417. The van der Waals surface area contributed by atoms with Crippen molar-refractivity contribution in [2.24, 2.45) is 0 Å². The second kappa shape index (κ2) is 10.1. The summed E-state index contributed by atoms with van der Waals surface area (Å²) in [5.74, 6) is 0.467. The Kier molecular flexibility index (Phi) is 7.28. The Labute approximate surface area is 173 Å². The number of anilines is 1. The number of para-hydroxylation sites is 1. The Morgan fingerprint density at radius 3 is 2.41 bits per heavy atom. The molecule has 0 radical (unpaired) electrons. The number of nitrogens with one attached hydrogen (secondary N) is 1. The Bertz CT molecular complexity index is 826. The first-order valence-electron chi connectivity index (χ1n) is 10.5. The molecule has 2 aromatic carbocycles. The summed E-state index contributed by atoms with van der Waals surface area (Å²) in [5, 5.41) is 2.90. The molecule has 0 spiro atoms. The fourth-order valence-electron chi connectivity index (χ4n) is 3.66. The van der Waals surface area contributed by atoms with E-state index < -0.39 is 0 Å². The SMILES string of the molecule is CCCN(CC(=O)Nc1ccccc1C)C(=O)c1ccc(OC2CCCC2)cc1. The number of nitrogens with zero attached hydrogens (tertiary/aromatic N) is 1. The molecule has 0 saturated heterocycles. The van der Waals surface area contributed by atoms with E-state index in [1.54, 1.807) is 17.0 Å². The fourth-order valence-corrected chi connectivity index (χ4v) is 3.66. The minimum atomic E-state index is -0.192. The summed E-state index contributed by atoms with van der Waals surface area (Å²) in [7, 11) is 0. The molecule has 29 heavy (non-hydrogen) atoms. The molecule has 154 valence electrons. The maximum absolute atomic E-state index is 13.0. The second-order valence-corrected chi connectivity index (χ2v) is 7.64. The van der Waals surface area contributed by atoms with Crippen molar-refractivity contribution in [2.45, 2.75) is 52.1 Å². The van der Waals surface area contributed by atoms with E-state index in [2.05, 4.69) is 5.32 Å². The van der Waals surface area contributed by atoms with Gasteiger partial charge in [0.15, 0.2) is 0 Å². The predicted octanol–water partition coefficient (Wildman–Crippen LogP) is 4.81. The molecule has 0 bridgehead atoms. The Balaban J connectivity index is 1.62. The first-order valence-corrected chi connectivity index (χ1v) is 10.5. The predicted molar refractivity (Wildman–Crippen MR) is 115 cm³/mol. The largest absolute Gasteiger partial charge is 0.490 e. The van der Waals surface area contributed by atoms with E-state index in [-0.39, 0.29) is 18.4 Å². The lowest BCUT2D eigenvalue weighted by atomic mass is 10.1. The quantitative estimate of drug-likeness (QED) is 0.699. The number of ether oxygens (including phenoxy) is 1. The van der Waals surface area contributed by atoms with Gasteiger partial charge in [-0.2, -0.15) is 0 Å². The first-order chi connectivity index (χ1) is 14.1. The topological polar surface area (TPSA) is 58.6 Å².